The van der Waals surface area contributed by atoms with Crippen molar-refractivity contribution in [3.63, 3.8) is 0 Å². The number of alkyl halides is 3. The first-order valence-electron chi connectivity index (χ1n) is 15.6. The van der Waals surface area contributed by atoms with Gasteiger partial charge in [0.2, 0.25) is 11.7 Å². The minimum atomic E-state index is -4.73. The monoisotopic (exact) mass is 715 g/mol. The third-order valence-electron chi connectivity index (χ3n) is 9.06. The van der Waals surface area contributed by atoms with Crippen LogP contribution in [-0.2, 0) is 32.6 Å². The first-order chi connectivity index (χ1) is 23.8. The van der Waals surface area contributed by atoms with Crippen molar-refractivity contribution in [3.05, 3.63) is 74.2 Å². The molecule has 7 heterocycles. The Morgan fingerprint density at radius 3 is 2.62 bits per heavy atom. The van der Waals surface area contributed by atoms with Crippen molar-refractivity contribution in [2.24, 2.45) is 0 Å². The molecule has 4 aromatic rings. The van der Waals surface area contributed by atoms with Crippen LogP contribution in [0.15, 0.2) is 29.3 Å². The molecule has 50 heavy (non-hydrogen) atoms. The van der Waals surface area contributed by atoms with E-state index in [1.165, 1.54) is 15.8 Å². The number of halogens is 4. The van der Waals surface area contributed by atoms with Crippen molar-refractivity contribution in [2.75, 3.05) is 31.6 Å². The Balaban J connectivity index is 1.26. The Morgan fingerprint density at radius 1 is 1.18 bits per heavy atom. The number of nitrogens with zero attached hydrogens (tertiary/aromatic N) is 8. The fourth-order valence-electron chi connectivity index (χ4n) is 6.63. The van der Waals surface area contributed by atoms with Gasteiger partial charge in [0.05, 0.1) is 42.0 Å². The molecule has 1 atom stereocenters. The molecule has 19 heteroatoms. The van der Waals surface area contributed by atoms with E-state index in [1.807, 2.05) is 6.08 Å². The zero-order valence-electron chi connectivity index (χ0n) is 26.6. The summed E-state index contributed by atoms with van der Waals surface area (Å²) in [6.45, 7) is 3.92. The molecule has 0 saturated carbocycles. The van der Waals surface area contributed by atoms with Crippen LogP contribution in [0, 0.1) is 6.92 Å². The minimum absolute atomic E-state index is 0.0534. The highest BCUT2D eigenvalue weighted by Gasteiger charge is 2.50. The van der Waals surface area contributed by atoms with Crippen LogP contribution < -0.4 is 10.9 Å². The fraction of sp³-hybridized carbons (Fsp3) is 0.419. The van der Waals surface area contributed by atoms with E-state index >= 15 is 0 Å². The van der Waals surface area contributed by atoms with Gasteiger partial charge in [-0.15, -0.1) is 5.10 Å². The molecule has 1 saturated heterocycles. The van der Waals surface area contributed by atoms with Crippen LogP contribution in [0.4, 0.5) is 18.9 Å². The summed E-state index contributed by atoms with van der Waals surface area (Å²) < 4.78 is 54.0. The van der Waals surface area contributed by atoms with E-state index in [4.69, 9.17) is 21.1 Å². The van der Waals surface area contributed by atoms with Crippen molar-refractivity contribution in [1.29, 1.82) is 0 Å². The molecule has 0 bridgehead atoms. The van der Waals surface area contributed by atoms with E-state index in [2.05, 4.69) is 30.4 Å². The molecule has 262 valence electrons. The van der Waals surface area contributed by atoms with Crippen molar-refractivity contribution in [3.8, 4) is 5.75 Å². The number of carbonyl (C=O) groups excluding carboxylic acids is 2. The maximum absolute atomic E-state index is 14.3. The summed E-state index contributed by atoms with van der Waals surface area (Å²) in [5.74, 6) is -1.17. The molecule has 15 nitrogen and oxygen atoms in total. The quantitative estimate of drug-likeness (QED) is 0.289. The second kappa shape index (κ2) is 12.4. The van der Waals surface area contributed by atoms with Crippen LogP contribution in [-0.4, -0.2) is 82.2 Å². The number of carbonyl (C=O) groups is 2. The zero-order valence-corrected chi connectivity index (χ0v) is 27.4. The highest BCUT2D eigenvalue weighted by Crippen LogP contribution is 2.48. The maximum atomic E-state index is 14.3. The van der Waals surface area contributed by atoms with Gasteiger partial charge < -0.3 is 29.4 Å². The van der Waals surface area contributed by atoms with Crippen LogP contribution >= 0.6 is 11.6 Å². The number of aromatic hydroxyl groups is 1. The van der Waals surface area contributed by atoms with E-state index in [9.17, 15) is 32.7 Å². The minimum Gasteiger partial charge on any atom is -0.504 e. The van der Waals surface area contributed by atoms with E-state index < -0.39 is 52.6 Å². The van der Waals surface area contributed by atoms with Gasteiger partial charge in [-0.3, -0.25) is 14.4 Å². The van der Waals surface area contributed by atoms with Crippen molar-refractivity contribution < 1.29 is 37.3 Å². The fourth-order valence-corrected chi connectivity index (χ4v) is 6.83. The molecule has 0 aliphatic carbocycles. The van der Waals surface area contributed by atoms with Gasteiger partial charge in [-0.1, -0.05) is 17.7 Å². The Bertz CT molecular complexity index is 2140. The molecule has 3 aliphatic rings. The molecule has 2 amide bonds. The molecule has 4 aromatic heterocycles. The average molecular weight is 716 g/mol. The standard InChI is InChI=1S/C31H29ClF3N9O6/c1-15-24(46)22(37-14-36-15)28(48)42-9-7-30(8-10-42)21-23(16(2)50-30)43(13-20(45)38-18-3-4-19(31(33,34)35)39-25(18)32)29-40-26(41-44(29)27(21)47)17-5-11-49-12-6-17/h3-5,14,16,46H,6-13H2,1-2H3,(H,38,45). The molecule has 3 aliphatic heterocycles. The van der Waals surface area contributed by atoms with Crippen molar-refractivity contribution in [1.82, 2.24) is 39.0 Å². The second-order valence-electron chi connectivity index (χ2n) is 12.1. The summed E-state index contributed by atoms with van der Waals surface area (Å²) in [7, 11) is 0. The molecule has 0 aromatic carbocycles. The number of likely N-dealkylation sites (tertiary alicyclic amines) is 1. The first-order valence-corrected chi connectivity index (χ1v) is 16.0. The molecular weight excluding hydrogens is 687 g/mol. The Labute approximate surface area is 285 Å². The Kier molecular flexibility index (Phi) is 8.34. The van der Waals surface area contributed by atoms with Gasteiger partial charge in [-0.2, -0.15) is 22.7 Å². The number of hydrogen-bond acceptors (Lipinski definition) is 11. The Hall–Kier alpha value is -4.94. The lowest BCUT2D eigenvalue weighted by molar-refractivity contribution is -0.141. The molecule has 1 fully saturated rings. The molecule has 1 spiro atoms. The number of anilines is 1. The number of aromatic nitrogens is 7. The summed E-state index contributed by atoms with van der Waals surface area (Å²) in [5.41, 5.74) is -1.51. The molecular formula is C31H29ClF3N9O6. The molecule has 0 radical (unpaired) electrons. The van der Waals surface area contributed by atoms with Gasteiger partial charge in [0, 0.05) is 13.1 Å². The van der Waals surface area contributed by atoms with Gasteiger partial charge in [-0.05, 0) is 50.8 Å². The van der Waals surface area contributed by atoms with Crippen LogP contribution in [0.5, 0.6) is 5.75 Å². The maximum Gasteiger partial charge on any atom is 0.433 e. The molecule has 2 N–H and O–H groups in total. The van der Waals surface area contributed by atoms with Gasteiger partial charge in [0.15, 0.2) is 22.4 Å². The number of fused-ring (bicyclic) bond motifs is 3. The smallest absolute Gasteiger partial charge is 0.433 e. The highest BCUT2D eigenvalue weighted by atomic mass is 35.5. The number of amides is 2. The lowest BCUT2D eigenvalue weighted by Gasteiger charge is -2.39. The molecule has 1 unspecified atom stereocenters. The van der Waals surface area contributed by atoms with Crippen molar-refractivity contribution in [2.45, 2.75) is 57.5 Å². The van der Waals surface area contributed by atoms with E-state index in [0.29, 0.717) is 31.4 Å². The summed E-state index contributed by atoms with van der Waals surface area (Å²) in [4.78, 5) is 58.5. The van der Waals surface area contributed by atoms with Crippen LogP contribution in [0.3, 0.4) is 0 Å². The third kappa shape index (κ3) is 5.75. The van der Waals surface area contributed by atoms with Crippen LogP contribution in [0.2, 0.25) is 5.15 Å². The summed E-state index contributed by atoms with van der Waals surface area (Å²) in [6, 6.07) is 1.71. The van der Waals surface area contributed by atoms with Gasteiger partial charge in [0.1, 0.15) is 24.2 Å². The number of nitrogens with one attached hydrogen (secondary N) is 1. The zero-order chi connectivity index (χ0) is 35.5. The predicted molar refractivity (Wildman–Crippen MR) is 168 cm³/mol. The SMILES string of the molecule is Cc1ncnc(C(=O)N2CCC3(CC2)OC(C)c2c3c(=O)n3nc(C4=CCOCC4)nc3n2CC(=O)Nc2ccc(C(F)(F)F)nc2Cl)c1O. The number of hydrogen-bond donors (Lipinski definition) is 2. The van der Waals surface area contributed by atoms with Gasteiger partial charge in [-0.25, -0.2) is 15.0 Å². The topological polar surface area (TPSA) is 179 Å². The normalized spacial score (nSPS) is 18.7. The number of rotatable bonds is 5. The Morgan fingerprint density at radius 2 is 1.94 bits per heavy atom. The van der Waals surface area contributed by atoms with Crippen LogP contribution in [0.25, 0.3) is 11.4 Å². The highest BCUT2D eigenvalue weighted by molar-refractivity contribution is 6.32. The number of ether oxygens (including phenoxy) is 2. The summed E-state index contributed by atoms with van der Waals surface area (Å²) in [6.07, 6.45) is -1.55. The van der Waals surface area contributed by atoms with Gasteiger partial charge >= 0.3 is 6.18 Å². The second-order valence-corrected chi connectivity index (χ2v) is 12.5. The lowest BCUT2D eigenvalue weighted by atomic mass is 9.85. The van der Waals surface area contributed by atoms with Gasteiger partial charge in [0.25, 0.3) is 11.5 Å². The average Bonchev–Trinajstić information content (AvgIpc) is 3.65. The van der Waals surface area contributed by atoms with E-state index in [0.717, 1.165) is 16.2 Å². The lowest BCUT2D eigenvalue weighted by Crippen LogP contribution is -2.47. The largest absolute Gasteiger partial charge is 0.504 e. The number of pyridine rings is 1. The molecule has 7 rings (SSSR count). The summed E-state index contributed by atoms with van der Waals surface area (Å²) >= 11 is 6.01. The third-order valence-corrected chi connectivity index (χ3v) is 9.35. The number of aryl methyl sites for hydroxylation is 1. The number of piperidine rings is 1. The van der Waals surface area contributed by atoms with Crippen molar-refractivity contribution >= 4 is 40.5 Å². The van der Waals surface area contributed by atoms with E-state index in [1.54, 1.807) is 13.8 Å². The first kappa shape index (κ1) is 33.6. The summed E-state index contributed by atoms with van der Waals surface area (Å²) in [5, 5.41) is 16.9. The van der Waals surface area contributed by atoms with E-state index in [-0.39, 0.29) is 65.9 Å². The predicted octanol–water partition coefficient (Wildman–Crippen LogP) is 3.43. The van der Waals surface area contributed by atoms with Crippen LogP contribution in [0.1, 0.15) is 71.2 Å².